The van der Waals surface area contributed by atoms with Crippen LogP contribution in [0.15, 0.2) is 59.8 Å². The Morgan fingerprint density at radius 3 is 2.29 bits per heavy atom. The van der Waals surface area contributed by atoms with Crippen LogP contribution in [0.3, 0.4) is 0 Å². The lowest BCUT2D eigenvalue weighted by Gasteiger charge is -2.16. The van der Waals surface area contributed by atoms with Gasteiger partial charge in [0.2, 0.25) is 10.3 Å². The lowest BCUT2D eigenvalue weighted by Crippen LogP contribution is -1.97. The van der Waals surface area contributed by atoms with Crippen molar-refractivity contribution >= 4 is 40.0 Å². The van der Waals surface area contributed by atoms with E-state index in [-0.39, 0.29) is 5.25 Å². The molecule has 2 aromatic carbocycles. The molecular weight excluding hydrogens is 322 g/mol. The van der Waals surface area contributed by atoms with Gasteiger partial charge in [0.05, 0.1) is 5.25 Å². The van der Waals surface area contributed by atoms with Crippen LogP contribution in [0, 0.1) is 0 Å². The number of hydrogen-bond donors (Lipinski definition) is 1. The van der Waals surface area contributed by atoms with Gasteiger partial charge in [0.15, 0.2) is 0 Å². The topological polar surface area (TPSA) is 51.8 Å². The minimum Gasteiger partial charge on any atom is -0.374 e. The van der Waals surface area contributed by atoms with Crippen molar-refractivity contribution in [1.29, 1.82) is 0 Å². The molecule has 1 heterocycles. The molecule has 0 aliphatic carbocycles. The van der Waals surface area contributed by atoms with Gasteiger partial charge in [0.25, 0.3) is 0 Å². The van der Waals surface area contributed by atoms with Crippen LogP contribution < -0.4 is 5.73 Å². The molecule has 6 heteroatoms. The highest BCUT2D eigenvalue weighted by Crippen LogP contribution is 2.39. The largest absolute Gasteiger partial charge is 0.374 e. The van der Waals surface area contributed by atoms with Gasteiger partial charge in [-0.3, -0.25) is 0 Å². The van der Waals surface area contributed by atoms with E-state index >= 15 is 0 Å². The highest BCUT2D eigenvalue weighted by molar-refractivity contribution is 7.99. The van der Waals surface area contributed by atoms with Crippen LogP contribution in [0.1, 0.15) is 16.4 Å². The molecule has 0 fully saturated rings. The van der Waals surface area contributed by atoms with Gasteiger partial charge in [-0.15, -0.1) is 0 Å². The molecule has 0 saturated heterocycles. The van der Waals surface area contributed by atoms with E-state index in [2.05, 4.69) is 21.5 Å². The fourth-order valence-electron chi connectivity index (χ4n) is 1.97. The molecule has 21 heavy (non-hydrogen) atoms. The standard InChI is InChI=1S/C15H12ClN3S2/c16-12-8-6-11(7-9-12)13(10-4-2-1-3-5-10)20-15-18-14(17)21-19-15/h1-9,13H,(H2,17,18,19)/t13-/m0/s1. The first-order chi connectivity index (χ1) is 10.2. The van der Waals surface area contributed by atoms with Gasteiger partial charge in [-0.05, 0) is 23.3 Å². The maximum absolute atomic E-state index is 5.98. The summed E-state index contributed by atoms with van der Waals surface area (Å²) in [5, 5.41) is 2.02. The third-order valence-corrected chi connectivity index (χ3v) is 5.00. The zero-order valence-electron chi connectivity index (χ0n) is 10.9. The summed E-state index contributed by atoms with van der Waals surface area (Å²) in [5.74, 6) is 0. The lowest BCUT2D eigenvalue weighted by atomic mass is 10.0. The molecule has 0 aliphatic heterocycles. The Morgan fingerprint density at radius 2 is 1.67 bits per heavy atom. The van der Waals surface area contributed by atoms with Crippen LogP contribution in [-0.2, 0) is 0 Å². The first-order valence-corrected chi connectivity index (χ1v) is 8.32. The zero-order chi connectivity index (χ0) is 14.7. The highest BCUT2D eigenvalue weighted by Gasteiger charge is 2.18. The molecule has 3 rings (SSSR count). The van der Waals surface area contributed by atoms with E-state index < -0.39 is 0 Å². The van der Waals surface area contributed by atoms with Crippen molar-refractivity contribution < 1.29 is 0 Å². The minimum atomic E-state index is 0.109. The summed E-state index contributed by atoms with van der Waals surface area (Å²) in [6.07, 6.45) is 0. The van der Waals surface area contributed by atoms with Gasteiger partial charge in [-0.25, -0.2) is 0 Å². The molecule has 3 nitrogen and oxygen atoms in total. The van der Waals surface area contributed by atoms with Crippen molar-refractivity contribution in [2.75, 3.05) is 5.73 Å². The Kier molecular flexibility index (Phi) is 4.43. The van der Waals surface area contributed by atoms with Crippen LogP contribution in [0.5, 0.6) is 0 Å². The number of benzene rings is 2. The first kappa shape index (κ1) is 14.4. The third kappa shape index (κ3) is 3.56. The van der Waals surface area contributed by atoms with Gasteiger partial charge >= 0.3 is 0 Å². The van der Waals surface area contributed by atoms with Crippen molar-refractivity contribution in [3.8, 4) is 0 Å². The number of halogens is 1. The first-order valence-electron chi connectivity index (χ1n) is 6.28. The van der Waals surface area contributed by atoms with E-state index in [1.54, 1.807) is 11.8 Å². The second kappa shape index (κ2) is 6.47. The zero-order valence-corrected chi connectivity index (χ0v) is 13.3. The molecule has 0 saturated carbocycles. The summed E-state index contributed by atoms with van der Waals surface area (Å²) in [5.41, 5.74) is 8.01. The average molecular weight is 334 g/mol. The van der Waals surface area contributed by atoms with Crippen LogP contribution in [0.2, 0.25) is 5.02 Å². The molecular formula is C15H12ClN3S2. The maximum atomic E-state index is 5.98. The molecule has 1 aromatic heterocycles. The second-order valence-corrected chi connectivity index (χ2v) is 6.67. The molecule has 3 aromatic rings. The summed E-state index contributed by atoms with van der Waals surface area (Å²) in [4.78, 5) is 4.24. The Morgan fingerprint density at radius 1 is 1.00 bits per heavy atom. The molecule has 2 N–H and O–H groups in total. The van der Waals surface area contributed by atoms with E-state index in [1.807, 2.05) is 42.5 Å². The number of nitrogens with zero attached hydrogens (tertiary/aromatic N) is 2. The summed E-state index contributed by atoms with van der Waals surface area (Å²) in [7, 11) is 0. The van der Waals surface area contributed by atoms with Crippen molar-refractivity contribution in [2.45, 2.75) is 10.4 Å². The fraction of sp³-hybridized carbons (Fsp3) is 0.0667. The molecule has 106 valence electrons. The molecule has 0 aliphatic rings. The van der Waals surface area contributed by atoms with Gasteiger partial charge in [-0.1, -0.05) is 65.8 Å². The predicted octanol–water partition coefficient (Wildman–Crippen LogP) is 4.66. The Balaban J connectivity index is 1.96. The smallest absolute Gasteiger partial charge is 0.202 e. The number of rotatable bonds is 4. The highest BCUT2D eigenvalue weighted by atomic mass is 35.5. The van der Waals surface area contributed by atoms with E-state index in [9.17, 15) is 0 Å². The van der Waals surface area contributed by atoms with Crippen LogP contribution >= 0.6 is 34.9 Å². The van der Waals surface area contributed by atoms with Crippen molar-refractivity contribution in [3.63, 3.8) is 0 Å². The molecule has 1 atom stereocenters. The van der Waals surface area contributed by atoms with Gasteiger partial charge in [0.1, 0.15) is 0 Å². The average Bonchev–Trinajstić information content (AvgIpc) is 2.92. The molecule has 0 spiro atoms. The SMILES string of the molecule is Nc1nc(S[C@@H](c2ccccc2)c2ccc(Cl)cc2)ns1. The van der Waals surface area contributed by atoms with Gasteiger partial charge in [-0.2, -0.15) is 9.36 Å². The summed E-state index contributed by atoms with van der Waals surface area (Å²) < 4.78 is 4.27. The van der Waals surface area contributed by atoms with Crippen molar-refractivity contribution in [1.82, 2.24) is 9.36 Å². The normalized spacial score (nSPS) is 12.2. The van der Waals surface area contributed by atoms with E-state index in [4.69, 9.17) is 17.3 Å². The lowest BCUT2D eigenvalue weighted by molar-refractivity contribution is 1.06. The number of anilines is 1. The van der Waals surface area contributed by atoms with E-state index in [0.717, 1.165) is 10.6 Å². The Hall–Kier alpha value is -1.56. The molecule has 0 bridgehead atoms. The molecule has 0 amide bonds. The van der Waals surface area contributed by atoms with Crippen LogP contribution in [-0.4, -0.2) is 9.36 Å². The second-order valence-electron chi connectivity index (χ2n) is 4.38. The Labute approximate surface area is 136 Å². The number of thioether (sulfide) groups is 1. The van der Waals surface area contributed by atoms with Crippen LogP contribution in [0.25, 0.3) is 0 Å². The molecule has 0 radical (unpaired) electrons. The van der Waals surface area contributed by atoms with Gasteiger partial charge < -0.3 is 5.73 Å². The van der Waals surface area contributed by atoms with Crippen LogP contribution in [0.4, 0.5) is 5.13 Å². The quantitative estimate of drug-likeness (QED) is 0.706. The minimum absolute atomic E-state index is 0.109. The number of nitrogen functional groups attached to an aromatic ring is 1. The monoisotopic (exact) mass is 333 g/mol. The summed E-state index contributed by atoms with van der Waals surface area (Å²) >= 11 is 8.78. The molecule has 0 unspecified atom stereocenters. The number of nitrogens with two attached hydrogens (primary N) is 1. The van der Waals surface area contributed by atoms with E-state index in [0.29, 0.717) is 10.3 Å². The Bertz CT molecular complexity index is 713. The third-order valence-electron chi connectivity index (χ3n) is 2.92. The van der Waals surface area contributed by atoms with E-state index in [1.165, 1.54) is 17.1 Å². The predicted molar refractivity (Wildman–Crippen MR) is 89.9 cm³/mol. The number of aromatic nitrogens is 2. The summed E-state index contributed by atoms with van der Waals surface area (Å²) in [6.45, 7) is 0. The van der Waals surface area contributed by atoms with Crippen molar-refractivity contribution in [2.24, 2.45) is 0 Å². The maximum Gasteiger partial charge on any atom is 0.202 e. The fourth-order valence-corrected chi connectivity index (χ4v) is 3.72. The summed E-state index contributed by atoms with van der Waals surface area (Å²) in [6, 6.07) is 18.1. The van der Waals surface area contributed by atoms with Gasteiger partial charge in [0, 0.05) is 16.6 Å². The number of hydrogen-bond acceptors (Lipinski definition) is 5. The van der Waals surface area contributed by atoms with Crippen molar-refractivity contribution in [3.05, 3.63) is 70.7 Å².